The molecule has 2 atom stereocenters. The van der Waals surface area contributed by atoms with Gasteiger partial charge in [0.25, 0.3) is 0 Å². The molecule has 2 unspecified atom stereocenters. The summed E-state index contributed by atoms with van der Waals surface area (Å²) in [6.45, 7) is 6.72. The average molecular weight is 455 g/mol. The highest BCUT2D eigenvalue weighted by atomic mass is 16.5. The molecule has 0 aliphatic carbocycles. The zero-order valence-electron chi connectivity index (χ0n) is 21.7. The Morgan fingerprint density at radius 1 is 0.625 bits per heavy atom. The second kappa shape index (κ2) is 23.1. The first-order valence-electron chi connectivity index (χ1n) is 14.0. The van der Waals surface area contributed by atoms with Crippen molar-refractivity contribution < 1.29 is 19.4 Å². The third kappa shape index (κ3) is 19.6. The smallest absolute Gasteiger partial charge is 0.306 e. The van der Waals surface area contributed by atoms with Crippen LogP contribution in [-0.4, -0.2) is 23.1 Å². The van der Waals surface area contributed by atoms with Gasteiger partial charge in [-0.25, -0.2) is 0 Å². The van der Waals surface area contributed by atoms with Gasteiger partial charge in [0.05, 0.1) is 0 Å². The number of hydrogen-bond acceptors (Lipinski definition) is 3. The van der Waals surface area contributed by atoms with Gasteiger partial charge in [-0.3, -0.25) is 9.59 Å². The van der Waals surface area contributed by atoms with E-state index >= 15 is 0 Å². The molecule has 0 radical (unpaired) electrons. The molecular weight excluding hydrogens is 400 g/mol. The third-order valence-corrected chi connectivity index (χ3v) is 6.63. The first-order chi connectivity index (χ1) is 15.5. The van der Waals surface area contributed by atoms with Crippen molar-refractivity contribution in [1.29, 1.82) is 0 Å². The molecular formula is C28H54O4. The summed E-state index contributed by atoms with van der Waals surface area (Å²) in [5, 5.41) is 8.64. The van der Waals surface area contributed by atoms with Crippen LogP contribution >= 0.6 is 0 Å². The minimum atomic E-state index is -0.693. The Labute approximate surface area is 199 Å². The lowest BCUT2D eigenvalue weighted by atomic mass is 9.90. The maximum atomic E-state index is 12.5. The van der Waals surface area contributed by atoms with Crippen LogP contribution in [0.2, 0.25) is 0 Å². The summed E-state index contributed by atoms with van der Waals surface area (Å²) in [4.78, 5) is 23.0. The van der Waals surface area contributed by atoms with Crippen molar-refractivity contribution in [1.82, 2.24) is 0 Å². The molecule has 1 N–H and O–H groups in total. The Kier molecular flexibility index (Phi) is 22.3. The number of aliphatic carboxylic acids is 1. The van der Waals surface area contributed by atoms with Gasteiger partial charge in [-0.1, -0.05) is 104 Å². The number of carbonyl (C=O) groups is 2. The SMILES string of the molecule is CCCCCCCCC(OC(=O)CCCCCCCCCCC(=O)O)C(CC)CCCC. The summed E-state index contributed by atoms with van der Waals surface area (Å²) in [7, 11) is 0. The van der Waals surface area contributed by atoms with E-state index in [1.165, 1.54) is 70.6 Å². The average Bonchev–Trinajstić information content (AvgIpc) is 2.77. The molecule has 0 rings (SSSR count). The molecule has 4 heteroatoms. The van der Waals surface area contributed by atoms with Gasteiger partial charge < -0.3 is 9.84 Å². The van der Waals surface area contributed by atoms with Crippen molar-refractivity contribution in [2.75, 3.05) is 0 Å². The largest absolute Gasteiger partial charge is 0.481 e. The lowest BCUT2D eigenvalue weighted by Crippen LogP contribution is -2.27. The first-order valence-corrected chi connectivity index (χ1v) is 14.0. The van der Waals surface area contributed by atoms with Gasteiger partial charge in [-0.05, 0) is 44.4 Å². The van der Waals surface area contributed by atoms with Gasteiger partial charge in [0.1, 0.15) is 6.10 Å². The molecule has 4 nitrogen and oxygen atoms in total. The number of carbonyl (C=O) groups excluding carboxylic acids is 1. The summed E-state index contributed by atoms with van der Waals surface area (Å²) in [5.41, 5.74) is 0. The van der Waals surface area contributed by atoms with E-state index in [1.807, 2.05) is 0 Å². The summed E-state index contributed by atoms with van der Waals surface area (Å²) in [5.74, 6) is -0.179. The molecule has 0 aliphatic rings. The lowest BCUT2D eigenvalue weighted by Gasteiger charge is -2.26. The number of hydrogen-bond donors (Lipinski definition) is 1. The Morgan fingerprint density at radius 2 is 1.12 bits per heavy atom. The minimum Gasteiger partial charge on any atom is -0.481 e. The van der Waals surface area contributed by atoms with Gasteiger partial charge >= 0.3 is 11.9 Å². The van der Waals surface area contributed by atoms with Crippen molar-refractivity contribution >= 4 is 11.9 Å². The van der Waals surface area contributed by atoms with Crippen molar-refractivity contribution in [3.05, 3.63) is 0 Å². The van der Waals surface area contributed by atoms with E-state index in [9.17, 15) is 9.59 Å². The molecule has 0 aromatic carbocycles. The van der Waals surface area contributed by atoms with E-state index in [-0.39, 0.29) is 12.1 Å². The summed E-state index contributed by atoms with van der Waals surface area (Å²) >= 11 is 0. The summed E-state index contributed by atoms with van der Waals surface area (Å²) < 4.78 is 6.03. The van der Waals surface area contributed by atoms with Crippen LogP contribution in [-0.2, 0) is 14.3 Å². The highest BCUT2D eigenvalue weighted by Crippen LogP contribution is 2.25. The topological polar surface area (TPSA) is 63.6 Å². The highest BCUT2D eigenvalue weighted by molar-refractivity contribution is 5.69. The van der Waals surface area contributed by atoms with Crippen molar-refractivity contribution in [2.24, 2.45) is 5.92 Å². The number of unbranched alkanes of at least 4 members (excludes halogenated alkanes) is 13. The Hall–Kier alpha value is -1.06. The van der Waals surface area contributed by atoms with E-state index in [0.717, 1.165) is 51.4 Å². The molecule has 0 fully saturated rings. The van der Waals surface area contributed by atoms with E-state index in [4.69, 9.17) is 9.84 Å². The Morgan fingerprint density at radius 3 is 1.66 bits per heavy atom. The molecule has 0 saturated carbocycles. The Bertz CT molecular complexity index is 435. The number of carboxylic acid groups (broad SMARTS) is 1. The molecule has 0 aromatic heterocycles. The molecule has 0 heterocycles. The standard InChI is InChI=1S/C28H54O4/c1-4-7-9-10-15-18-22-26(25(6-3)21-8-5-2)32-28(31)24-20-17-14-12-11-13-16-19-23-27(29)30/h25-26H,4-24H2,1-3H3,(H,29,30). The number of ether oxygens (including phenoxy) is 1. The fraction of sp³-hybridized carbons (Fsp3) is 0.929. The minimum absolute atomic E-state index is 0.00426. The molecule has 0 aliphatic heterocycles. The quantitative estimate of drug-likeness (QED) is 0.117. The fourth-order valence-corrected chi connectivity index (χ4v) is 4.47. The van der Waals surface area contributed by atoms with Crippen molar-refractivity contribution in [3.63, 3.8) is 0 Å². The van der Waals surface area contributed by atoms with Crippen LogP contribution in [0.15, 0.2) is 0 Å². The third-order valence-electron chi connectivity index (χ3n) is 6.63. The molecule has 32 heavy (non-hydrogen) atoms. The molecule has 0 bridgehead atoms. The molecule has 0 spiro atoms. The Balaban J connectivity index is 4.08. The zero-order valence-corrected chi connectivity index (χ0v) is 21.7. The highest BCUT2D eigenvalue weighted by Gasteiger charge is 2.23. The van der Waals surface area contributed by atoms with Crippen LogP contribution in [0.3, 0.4) is 0 Å². The van der Waals surface area contributed by atoms with Crippen LogP contribution in [0.5, 0.6) is 0 Å². The fourth-order valence-electron chi connectivity index (χ4n) is 4.47. The predicted octanol–water partition coefficient (Wildman–Crippen LogP) is 8.85. The normalized spacial score (nSPS) is 13.1. The summed E-state index contributed by atoms with van der Waals surface area (Å²) in [6, 6.07) is 0. The number of esters is 1. The van der Waals surface area contributed by atoms with Crippen LogP contribution in [0, 0.1) is 5.92 Å². The van der Waals surface area contributed by atoms with Gasteiger partial charge in [0.2, 0.25) is 0 Å². The van der Waals surface area contributed by atoms with Crippen LogP contribution in [0.1, 0.15) is 156 Å². The van der Waals surface area contributed by atoms with Crippen LogP contribution < -0.4 is 0 Å². The zero-order chi connectivity index (χ0) is 23.9. The van der Waals surface area contributed by atoms with Crippen LogP contribution in [0.4, 0.5) is 0 Å². The first kappa shape index (κ1) is 30.9. The second-order valence-corrected chi connectivity index (χ2v) is 9.62. The molecule has 190 valence electrons. The lowest BCUT2D eigenvalue weighted by molar-refractivity contribution is -0.153. The van der Waals surface area contributed by atoms with Gasteiger partial charge in [0.15, 0.2) is 0 Å². The predicted molar refractivity (Wildman–Crippen MR) is 135 cm³/mol. The maximum Gasteiger partial charge on any atom is 0.306 e. The van der Waals surface area contributed by atoms with Crippen molar-refractivity contribution in [2.45, 2.75) is 162 Å². The van der Waals surface area contributed by atoms with Gasteiger partial charge in [-0.2, -0.15) is 0 Å². The maximum absolute atomic E-state index is 12.5. The van der Waals surface area contributed by atoms with E-state index < -0.39 is 5.97 Å². The summed E-state index contributed by atoms with van der Waals surface area (Å²) in [6.07, 6.45) is 22.8. The van der Waals surface area contributed by atoms with Crippen molar-refractivity contribution in [3.8, 4) is 0 Å². The van der Waals surface area contributed by atoms with Gasteiger partial charge in [0, 0.05) is 12.8 Å². The monoisotopic (exact) mass is 454 g/mol. The van der Waals surface area contributed by atoms with E-state index in [2.05, 4.69) is 20.8 Å². The molecule has 0 amide bonds. The number of rotatable bonds is 24. The number of carboxylic acids is 1. The molecule has 0 aromatic rings. The van der Waals surface area contributed by atoms with E-state index in [0.29, 0.717) is 18.8 Å². The molecule has 0 saturated heterocycles. The van der Waals surface area contributed by atoms with E-state index in [1.54, 1.807) is 0 Å². The van der Waals surface area contributed by atoms with Gasteiger partial charge in [-0.15, -0.1) is 0 Å². The van der Waals surface area contributed by atoms with Crippen LogP contribution in [0.25, 0.3) is 0 Å². The second-order valence-electron chi connectivity index (χ2n) is 9.62.